The summed E-state index contributed by atoms with van der Waals surface area (Å²) in [5, 5.41) is 12.5. The third kappa shape index (κ3) is 4.63. The molecule has 1 aliphatic heterocycles. The van der Waals surface area contributed by atoms with Gasteiger partial charge >= 0.3 is 6.03 Å². The monoisotopic (exact) mass is 334 g/mol. The number of aliphatic hydroxyl groups excluding tert-OH is 1. The number of carbonyl (C=O) groups excluding carboxylic acids is 1. The van der Waals surface area contributed by atoms with Gasteiger partial charge in [-0.3, -0.25) is 0 Å². The van der Waals surface area contributed by atoms with E-state index in [2.05, 4.69) is 19.2 Å². The average molecular weight is 334 g/mol. The molecule has 0 bridgehead atoms. The molecule has 1 fully saturated rings. The third-order valence-corrected chi connectivity index (χ3v) is 5.21. The molecule has 1 heterocycles. The van der Waals surface area contributed by atoms with Crippen molar-refractivity contribution in [2.45, 2.75) is 52.6 Å². The summed E-state index contributed by atoms with van der Waals surface area (Å²) in [6.07, 6.45) is 3.81. The lowest BCUT2D eigenvalue weighted by molar-refractivity contribution is 0.0542. The number of nitrogens with one attached hydrogen (secondary N) is 1. The van der Waals surface area contributed by atoms with E-state index < -0.39 is 0 Å². The predicted octanol–water partition coefficient (Wildman–Crippen LogP) is 3.88. The zero-order chi connectivity index (χ0) is 17.6. The van der Waals surface area contributed by atoms with Crippen molar-refractivity contribution in [3.8, 4) is 5.75 Å². The van der Waals surface area contributed by atoms with Crippen molar-refractivity contribution in [1.29, 1.82) is 0 Å². The zero-order valence-corrected chi connectivity index (χ0v) is 15.0. The Bertz CT molecular complexity index is 516. The highest BCUT2D eigenvalue weighted by molar-refractivity contribution is 5.89. The number of nitrogens with zero attached hydrogens (tertiary/aromatic N) is 1. The normalized spacial score (nSPS) is 18.1. The summed E-state index contributed by atoms with van der Waals surface area (Å²) < 4.78 is 5.74. The van der Waals surface area contributed by atoms with E-state index in [0.717, 1.165) is 37.1 Å². The minimum absolute atomic E-state index is 0.00820. The van der Waals surface area contributed by atoms with Crippen molar-refractivity contribution in [2.24, 2.45) is 5.41 Å². The smallest absolute Gasteiger partial charge is 0.321 e. The topological polar surface area (TPSA) is 61.8 Å². The lowest BCUT2D eigenvalue weighted by Gasteiger charge is -2.40. The number of piperidine rings is 1. The van der Waals surface area contributed by atoms with Gasteiger partial charge in [-0.15, -0.1) is 0 Å². The largest absolute Gasteiger partial charge is 0.491 e. The van der Waals surface area contributed by atoms with Crippen molar-refractivity contribution in [2.75, 3.05) is 25.0 Å². The van der Waals surface area contributed by atoms with Crippen molar-refractivity contribution in [3.05, 3.63) is 24.3 Å². The van der Waals surface area contributed by atoms with Gasteiger partial charge in [0.1, 0.15) is 5.75 Å². The lowest BCUT2D eigenvalue weighted by atomic mass is 9.77. The van der Waals surface area contributed by atoms with Crippen LogP contribution in [0.15, 0.2) is 24.3 Å². The average Bonchev–Trinajstić information content (AvgIpc) is 2.63. The second-order valence-electron chi connectivity index (χ2n) is 6.79. The highest BCUT2D eigenvalue weighted by atomic mass is 16.5. The van der Waals surface area contributed by atoms with Crippen LogP contribution in [0.2, 0.25) is 0 Å². The van der Waals surface area contributed by atoms with Crippen molar-refractivity contribution < 1.29 is 14.6 Å². The van der Waals surface area contributed by atoms with Crippen LogP contribution in [0.4, 0.5) is 10.5 Å². The van der Waals surface area contributed by atoms with Gasteiger partial charge in [-0.25, -0.2) is 4.79 Å². The Labute approximate surface area is 145 Å². The van der Waals surface area contributed by atoms with Crippen LogP contribution in [0.1, 0.15) is 46.5 Å². The summed E-state index contributed by atoms with van der Waals surface area (Å²) in [5.41, 5.74) is 0.761. The summed E-state index contributed by atoms with van der Waals surface area (Å²) >= 11 is 0. The first-order valence-corrected chi connectivity index (χ1v) is 8.95. The molecule has 5 heteroatoms. The van der Waals surface area contributed by atoms with Crippen LogP contribution < -0.4 is 10.1 Å². The molecule has 0 radical (unpaired) electrons. The Morgan fingerprint density at radius 1 is 1.29 bits per heavy atom. The summed E-state index contributed by atoms with van der Waals surface area (Å²) in [4.78, 5) is 14.2. The Morgan fingerprint density at radius 2 is 1.92 bits per heavy atom. The molecule has 1 aliphatic rings. The fourth-order valence-corrected chi connectivity index (χ4v) is 2.94. The SMILES string of the molecule is CCC(C)Oc1ccc(NC(=O)N2CCC(CC)(CO)CC2)cc1. The van der Waals surface area contributed by atoms with E-state index in [1.807, 2.05) is 36.1 Å². The summed E-state index contributed by atoms with van der Waals surface area (Å²) in [7, 11) is 0. The van der Waals surface area contributed by atoms with E-state index in [9.17, 15) is 9.90 Å². The molecule has 2 amide bonds. The van der Waals surface area contributed by atoms with Crippen LogP contribution in [-0.2, 0) is 0 Å². The number of hydrogen-bond donors (Lipinski definition) is 2. The molecule has 1 unspecified atom stereocenters. The van der Waals surface area contributed by atoms with E-state index in [0.29, 0.717) is 13.1 Å². The first kappa shape index (κ1) is 18.6. The van der Waals surface area contributed by atoms with Gasteiger partial charge in [-0.2, -0.15) is 0 Å². The van der Waals surface area contributed by atoms with Gasteiger partial charge in [0.2, 0.25) is 0 Å². The number of anilines is 1. The number of rotatable bonds is 6. The predicted molar refractivity (Wildman–Crippen MR) is 96.5 cm³/mol. The minimum Gasteiger partial charge on any atom is -0.491 e. The van der Waals surface area contributed by atoms with E-state index in [4.69, 9.17) is 4.74 Å². The number of urea groups is 1. The van der Waals surface area contributed by atoms with Gasteiger partial charge in [0, 0.05) is 25.4 Å². The van der Waals surface area contributed by atoms with Gasteiger partial charge in [0.15, 0.2) is 0 Å². The maximum absolute atomic E-state index is 12.4. The maximum Gasteiger partial charge on any atom is 0.321 e. The Balaban J connectivity index is 1.86. The maximum atomic E-state index is 12.4. The lowest BCUT2D eigenvalue weighted by Crippen LogP contribution is -2.46. The summed E-state index contributed by atoms with van der Waals surface area (Å²) in [6, 6.07) is 7.42. The molecule has 0 saturated carbocycles. The van der Waals surface area contributed by atoms with Gasteiger partial charge in [0.05, 0.1) is 6.10 Å². The van der Waals surface area contributed by atoms with Gasteiger partial charge in [0.25, 0.3) is 0 Å². The van der Waals surface area contributed by atoms with Crippen molar-refractivity contribution in [3.63, 3.8) is 0 Å². The van der Waals surface area contributed by atoms with E-state index in [1.54, 1.807) is 0 Å². The first-order valence-electron chi connectivity index (χ1n) is 8.95. The number of hydrogen-bond acceptors (Lipinski definition) is 3. The molecule has 1 saturated heterocycles. The molecule has 134 valence electrons. The quantitative estimate of drug-likeness (QED) is 0.830. The molecule has 0 aliphatic carbocycles. The van der Waals surface area contributed by atoms with Crippen LogP contribution in [0.3, 0.4) is 0 Å². The highest BCUT2D eigenvalue weighted by Gasteiger charge is 2.33. The van der Waals surface area contributed by atoms with Crippen LogP contribution in [-0.4, -0.2) is 41.8 Å². The number of benzene rings is 1. The number of likely N-dealkylation sites (tertiary alicyclic amines) is 1. The van der Waals surface area contributed by atoms with E-state index in [-0.39, 0.29) is 24.2 Å². The fourth-order valence-electron chi connectivity index (χ4n) is 2.94. The highest BCUT2D eigenvalue weighted by Crippen LogP contribution is 2.34. The molecule has 1 aromatic rings. The molecule has 5 nitrogen and oxygen atoms in total. The molecular weight excluding hydrogens is 304 g/mol. The Morgan fingerprint density at radius 3 is 2.42 bits per heavy atom. The van der Waals surface area contributed by atoms with Gasteiger partial charge in [-0.05, 0) is 62.3 Å². The van der Waals surface area contributed by atoms with Crippen molar-refractivity contribution in [1.82, 2.24) is 4.90 Å². The molecule has 2 rings (SSSR count). The van der Waals surface area contributed by atoms with Gasteiger partial charge < -0.3 is 20.1 Å². The summed E-state index contributed by atoms with van der Waals surface area (Å²) in [5.74, 6) is 0.816. The van der Waals surface area contributed by atoms with Crippen LogP contribution in [0, 0.1) is 5.41 Å². The van der Waals surface area contributed by atoms with Crippen LogP contribution in [0.25, 0.3) is 0 Å². The van der Waals surface area contributed by atoms with Crippen LogP contribution >= 0.6 is 0 Å². The number of aliphatic hydroxyl groups is 1. The van der Waals surface area contributed by atoms with E-state index in [1.165, 1.54) is 0 Å². The zero-order valence-electron chi connectivity index (χ0n) is 15.0. The Kier molecular flexibility index (Phi) is 6.49. The standard InChI is InChI=1S/C19H30N2O3/c1-4-15(3)24-17-8-6-16(7-9-17)20-18(23)21-12-10-19(5-2,14-22)11-13-21/h6-9,15,22H,4-5,10-14H2,1-3H3,(H,20,23). The second kappa shape index (κ2) is 8.38. The van der Waals surface area contributed by atoms with Crippen LogP contribution in [0.5, 0.6) is 5.75 Å². The molecular formula is C19H30N2O3. The first-order chi connectivity index (χ1) is 11.5. The van der Waals surface area contributed by atoms with Gasteiger partial charge in [-0.1, -0.05) is 13.8 Å². The molecule has 24 heavy (non-hydrogen) atoms. The number of amides is 2. The third-order valence-electron chi connectivity index (χ3n) is 5.21. The summed E-state index contributed by atoms with van der Waals surface area (Å²) in [6.45, 7) is 7.81. The fraction of sp³-hybridized carbons (Fsp3) is 0.632. The molecule has 0 spiro atoms. The Hall–Kier alpha value is -1.75. The molecule has 2 N–H and O–H groups in total. The van der Waals surface area contributed by atoms with Crippen molar-refractivity contribution >= 4 is 11.7 Å². The van der Waals surface area contributed by atoms with E-state index >= 15 is 0 Å². The molecule has 0 aromatic heterocycles. The second-order valence-corrected chi connectivity index (χ2v) is 6.79. The molecule has 1 aromatic carbocycles. The molecule has 1 atom stereocenters. The minimum atomic E-state index is -0.0757. The number of carbonyl (C=O) groups is 1. The number of ether oxygens (including phenoxy) is 1.